The topological polar surface area (TPSA) is 55.1 Å². The van der Waals surface area contributed by atoms with Gasteiger partial charge in [-0.3, -0.25) is 4.79 Å². The maximum Gasteiger partial charge on any atom is 0.225 e. The van der Waals surface area contributed by atoms with E-state index in [2.05, 4.69) is 5.32 Å². The Balaban J connectivity index is 2.90. The van der Waals surface area contributed by atoms with Crippen LogP contribution in [0.4, 0.5) is 5.69 Å². The van der Waals surface area contributed by atoms with Crippen molar-refractivity contribution in [2.75, 3.05) is 11.9 Å². The van der Waals surface area contributed by atoms with E-state index < -0.39 is 0 Å². The van der Waals surface area contributed by atoms with Gasteiger partial charge in [-0.1, -0.05) is 17.7 Å². The number of carbonyl (C=O) groups excluding carboxylic acids is 1. The summed E-state index contributed by atoms with van der Waals surface area (Å²) in [5, 5.41) is 3.32. The first kappa shape index (κ1) is 12.0. The van der Waals surface area contributed by atoms with Crippen LogP contribution in [0, 0.1) is 13.8 Å². The van der Waals surface area contributed by atoms with Crippen molar-refractivity contribution >= 4 is 23.2 Å². The van der Waals surface area contributed by atoms with Crippen LogP contribution in [-0.4, -0.2) is 12.5 Å². The Morgan fingerprint density at radius 3 is 2.67 bits per heavy atom. The van der Waals surface area contributed by atoms with Crippen molar-refractivity contribution in [3.8, 4) is 0 Å². The van der Waals surface area contributed by atoms with E-state index >= 15 is 0 Å². The van der Waals surface area contributed by atoms with Gasteiger partial charge in [0, 0.05) is 13.0 Å². The van der Waals surface area contributed by atoms with Crippen molar-refractivity contribution in [1.82, 2.24) is 0 Å². The van der Waals surface area contributed by atoms with Crippen LogP contribution in [0.3, 0.4) is 0 Å². The molecule has 1 aromatic carbocycles. The molecular weight excluding hydrogens is 212 g/mol. The molecule has 0 aliphatic heterocycles. The van der Waals surface area contributed by atoms with Gasteiger partial charge >= 0.3 is 0 Å². The number of hydrogen-bond donors (Lipinski definition) is 2. The summed E-state index contributed by atoms with van der Waals surface area (Å²) < 4.78 is 0. The van der Waals surface area contributed by atoms with Crippen molar-refractivity contribution in [1.29, 1.82) is 0 Å². The van der Waals surface area contributed by atoms with Gasteiger partial charge in [0.2, 0.25) is 5.91 Å². The van der Waals surface area contributed by atoms with Crippen LogP contribution in [0.5, 0.6) is 0 Å². The smallest absolute Gasteiger partial charge is 0.225 e. The molecule has 0 saturated carbocycles. The zero-order valence-corrected chi connectivity index (χ0v) is 9.69. The summed E-state index contributed by atoms with van der Waals surface area (Å²) in [6, 6.07) is 3.80. The highest BCUT2D eigenvalue weighted by Crippen LogP contribution is 2.27. The molecule has 0 saturated heterocycles. The van der Waals surface area contributed by atoms with Crippen molar-refractivity contribution in [3.05, 3.63) is 28.3 Å². The summed E-state index contributed by atoms with van der Waals surface area (Å²) in [7, 11) is 0. The molecule has 0 heterocycles. The lowest BCUT2D eigenvalue weighted by Crippen LogP contribution is -2.17. The van der Waals surface area contributed by atoms with E-state index in [0.717, 1.165) is 11.1 Å². The van der Waals surface area contributed by atoms with Crippen molar-refractivity contribution in [2.24, 2.45) is 5.73 Å². The second-order valence-electron chi connectivity index (χ2n) is 3.53. The maximum atomic E-state index is 11.4. The lowest BCUT2D eigenvalue weighted by atomic mass is 10.1. The van der Waals surface area contributed by atoms with E-state index in [-0.39, 0.29) is 5.91 Å². The van der Waals surface area contributed by atoms with E-state index in [1.807, 2.05) is 26.0 Å². The van der Waals surface area contributed by atoms with Gasteiger partial charge in [-0.15, -0.1) is 0 Å². The number of benzene rings is 1. The van der Waals surface area contributed by atoms with Crippen LogP contribution in [0.1, 0.15) is 17.5 Å². The van der Waals surface area contributed by atoms with Gasteiger partial charge in [-0.05, 0) is 31.0 Å². The summed E-state index contributed by atoms with van der Waals surface area (Å²) in [5.41, 5.74) is 8.01. The molecule has 0 aliphatic carbocycles. The van der Waals surface area contributed by atoms with E-state index in [1.165, 1.54) is 0 Å². The van der Waals surface area contributed by atoms with Gasteiger partial charge in [-0.2, -0.15) is 0 Å². The molecule has 1 aromatic rings. The Morgan fingerprint density at radius 2 is 2.13 bits per heavy atom. The molecule has 0 bridgehead atoms. The number of nitrogens with one attached hydrogen (secondary N) is 1. The Kier molecular flexibility index (Phi) is 4.12. The summed E-state index contributed by atoms with van der Waals surface area (Å²) >= 11 is 6.03. The largest absolute Gasteiger partial charge is 0.330 e. The molecule has 3 nitrogen and oxygen atoms in total. The number of aryl methyl sites for hydroxylation is 2. The minimum absolute atomic E-state index is 0.105. The Hall–Kier alpha value is -1.06. The fourth-order valence-electron chi connectivity index (χ4n) is 1.41. The molecule has 15 heavy (non-hydrogen) atoms. The highest BCUT2D eigenvalue weighted by atomic mass is 35.5. The van der Waals surface area contributed by atoms with Crippen molar-refractivity contribution in [2.45, 2.75) is 20.3 Å². The zero-order chi connectivity index (χ0) is 11.4. The van der Waals surface area contributed by atoms with Crippen molar-refractivity contribution < 1.29 is 4.79 Å². The number of rotatable bonds is 3. The predicted molar refractivity (Wildman–Crippen MR) is 63.2 cm³/mol. The monoisotopic (exact) mass is 226 g/mol. The van der Waals surface area contributed by atoms with Gasteiger partial charge in [0.15, 0.2) is 0 Å². The summed E-state index contributed by atoms with van der Waals surface area (Å²) in [4.78, 5) is 11.4. The SMILES string of the molecule is Cc1cc(C)c(NC(=O)CCN)c(Cl)c1. The minimum Gasteiger partial charge on any atom is -0.330 e. The first-order valence-electron chi connectivity index (χ1n) is 4.81. The molecule has 4 heteroatoms. The van der Waals surface area contributed by atoms with Gasteiger partial charge in [0.25, 0.3) is 0 Å². The molecule has 82 valence electrons. The quantitative estimate of drug-likeness (QED) is 0.831. The molecule has 1 amide bonds. The zero-order valence-electron chi connectivity index (χ0n) is 8.93. The van der Waals surface area contributed by atoms with E-state index in [0.29, 0.717) is 23.7 Å². The van der Waals surface area contributed by atoms with Gasteiger partial charge in [0.05, 0.1) is 10.7 Å². The number of amides is 1. The summed E-state index contributed by atoms with van der Waals surface area (Å²) in [5.74, 6) is -0.105. The Bertz CT molecular complexity index is 354. The van der Waals surface area contributed by atoms with E-state index in [9.17, 15) is 4.79 Å². The minimum atomic E-state index is -0.105. The molecule has 0 aromatic heterocycles. The Morgan fingerprint density at radius 1 is 1.47 bits per heavy atom. The molecule has 0 spiro atoms. The second-order valence-corrected chi connectivity index (χ2v) is 3.93. The van der Waals surface area contributed by atoms with Crippen LogP contribution < -0.4 is 11.1 Å². The van der Waals surface area contributed by atoms with Crippen molar-refractivity contribution in [3.63, 3.8) is 0 Å². The third-order valence-corrected chi connectivity index (χ3v) is 2.37. The summed E-state index contributed by atoms with van der Waals surface area (Å²) in [6.45, 7) is 4.22. The fraction of sp³-hybridized carbons (Fsp3) is 0.364. The number of carbonyl (C=O) groups is 1. The average molecular weight is 227 g/mol. The molecule has 0 aliphatic rings. The second kappa shape index (κ2) is 5.14. The highest BCUT2D eigenvalue weighted by molar-refractivity contribution is 6.34. The Labute approximate surface area is 94.6 Å². The number of hydrogen-bond acceptors (Lipinski definition) is 2. The lowest BCUT2D eigenvalue weighted by Gasteiger charge is -2.10. The first-order chi connectivity index (χ1) is 7.04. The average Bonchev–Trinajstić information content (AvgIpc) is 2.11. The van der Waals surface area contributed by atoms with Crippen LogP contribution >= 0.6 is 11.6 Å². The molecule has 0 atom stereocenters. The van der Waals surface area contributed by atoms with Gasteiger partial charge in [0.1, 0.15) is 0 Å². The summed E-state index contributed by atoms with van der Waals surface area (Å²) in [6.07, 6.45) is 0.309. The number of nitrogens with two attached hydrogens (primary N) is 1. The number of halogens is 1. The highest BCUT2D eigenvalue weighted by Gasteiger charge is 2.08. The fourth-order valence-corrected chi connectivity index (χ4v) is 1.78. The molecule has 0 radical (unpaired) electrons. The molecule has 3 N–H and O–H groups in total. The molecule has 1 rings (SSSR count). The molecule has 0 fully saturated rings. The molecule has 0 unspecified atom stereocenters. The number of anilines is 1. The van der Waals surface area contributed by atoms with E-state index in [1.54, 1.807) is 0 Å². The maximum absolute atomic E-state index is 11.4. The first-order valence-corrected chi connectivity index (χ1v) is 5.19. The van der Waals surface area contributed by atoms with E-state index in [4.69, 9.17) is 17.3 Å². The van der Waals surface area contributed by atoms with Gasteiger partial charge < -0.3 is 11.1 Å². The van der Waals surface area contributed by atoms with Crippen LogP contribution in [0.25, 0.3) is 0 Å². The standard InChI is InChI=1S/C11H15ClN2O/c1-7-5-8(2)11(9(12)6-7)14-10(15)3-4-13/h5-6H,3-4,13H2,1-2H3,(H,14,15). The third-order valence-electron chi connectivity index (χ3n) is 2.07. The van der Waals surface area contributed by atoms with Crippen LogP contribution in [0.2, 0.25) is 5.02 Å². The van der Waals surface area contributed by atoms with Crippen LogP contribution in [-0.2, 0) is 4.79 Å². The molecular formula is C11H15ClN2O. The lowest BCUT2D eigenvalue weighted by molar-refractivity contribution is -0.116. The normalized spacial score (nSPS) is 10.1. The predicted octanol–water partition coefficient (Wildman–Crippen LogP) is 2.24. The van der Waals surface area contributed by atoms with Gasteiger partial charge in [-0.25, -0.2) is 0 Å². The third kappa shape index (κ3) is 3.22. The van der Waals surface area contributed by atoms with Crippen LogP contribution in [0.15, 0.2) is 12.1 Å².